The molecule has 0 amide bonds. The van der Waals surface area contributed by atoms with Gasteiger partial charge in [0.1, 0.15) is 0 Å². The lowest BCUT2D eigenvalue weighted by molar-refractivity contribution is 0.257. The van der Waals surface area contributed by atoms with E-state index >= 15 is 0 Å². The van der Waals surface area contributed by atoms with Gasteiger partial charge in [-0.2, -0.15) is 0 Å². The fourth-order valence-electron chi connectivity index (χ4n) is 3.70. The van der Waals surface area contributed by atoms with Crippen LogP contribution in [-0.2, 0) is 0 Å². The predicted molar refractivity (Wildman–Crippen MR) is 113 cm³/mol. The van der Waals surface area contributed by atoms with Crippen molar-refractivity contribution in [1.29, 1.82) is 0 Å². The van der Waals surface area contributed by atoms with Gasteiger partial charge in [-0.3, -0.25) is 0 Å². The van der Waals surface area contributed by atoms with Crippen molar-refractivity contribution < 1.29 is 0 Å². The fraction of sp³-hybridized carbons (Fsp3) is 0.913. The molecule has 1 aliphatic heterocycles. The average molecular weight is 351 g/mol. The van der Waals surface area contributed by atoms with Gasteiger partial charge in [0.05, 0.1) is 6.67 Å². The van der Waals surface area contributed by atoms with Crippen molar-refractivity contribution in [1.82, 2.24) is 9.80 Å². The molecule has 1 aliphatic rings. The van der Waals surface area contributed by atoms with Gasteiger partial charge < -0.3 is 9.80 Å². The molecule has 0 bridgehead atoms. The van der Waals surface area contributed by atoms with Crippen LogP contribution in [-0.4, -0.2) is 29.6 Å². The number of nitrogens with zero attached hydrogens (tertiary/aromatic N) is 2. The first-order chi connectivity index (χ1) is 12.4. The Morgan fingerprint density at radius 1 is 0.480 bits per heavy atom. The van der Waals surface area contributed by atoms with Crippen LogP contribution in [0.2, 0.25) is 0 Å². The second-order valence-corrected chi connectivity index (χ2v) is 8.01. The van der Waals surface area contributed by atoms with Crippen molar-refractivity contribution in [3.63, 3.8) is 0 Å². The Hall–Kier alpha value is -0.660. The third-order valence-electron chi connectivity index (χ3n) is 5.45. The summed E-state index contributed by atoms with van der Waals surface area (Å²) in [7, 11) is 0. The summed E-state index contributed by atoms with van der Waals surface area (Å²) in [6.07, 6.45) is 27.4. The summed E-state index contributed by atoms with van der Waals surface area (Å²) in [5.74, 6) is 0. The van der Waals surface area contributed by atoms with E-state index in [1.54, 1.807) is 0 Å². The smallest absolute Gasteiger partial charge is 0.0893 e. The van der Waals surface area contributed by atoms with Crippen LogP contribution in [0.5, 0.6) is 0 Å². The van der Waals surface area contributed by atoms with Crippen molar-refractivity contribution in [3.8, 4) is 0 Å². The quantitative estimate of drug-likeness (QED) is 0.239. The van der Waals surface area contributed by atoms with Crippen LogP contribution < -0.4 is 0 Å². The molecular weight excluding hydrogens is 304 g/mol. The Kier molecular flexibility index (Phi) is 15.0. The lowest BCUT2D eigenvalue weighted by Gasteiger charge is -2.21. The summed E-state index contributed by atoms with van der Waals surface area (Å²) < 4.78 is 0. The summed E-state index contributed by atoms with van der Waals surface area (Å²) in [6.45, 7) is 8.19. The zero-order valence-electron chi connectivity index (χ0n) is 17.5. The number of unbranched alkanes of at least 4 members (excludes halogenated alkanes) is 14. The third-order valence-corrected chi connectivity index (χ3v) is 5.45. The van der Waals surface area contributed by atoms with Crippen molar-refractivity contribution in [3.05, 3.63) is 12.4 Å². The molecule has 1 rings (SSSR count). The normalized spacial score (nSPS) is 14.0. The highest BCUT2D eigenvalue weighted by Crippen LogP contribution is 2.14. The van der Waals surface area contributed by atoms with Crippen molar-refractivity contribution >= 4 is 0 Å². The molecular formula is C23H46N2. The number of hydrogen-bond acceptors (Lipinski definition) is 2. The van der Waals surface area contributed by atoms with Gasteiger partial charge in [-0.1, -0.05) is 104 Å². The molecule has 148 valence electrons. The Bertz CT molecular complexity index is 300. The van der Waals surface area contributed by atoms with Crippen LogP contribution in [0.4, 0.5) is 0 Å². The van der Waals surface area contributed by atoms with E-state index in [0.717, 1.165) is 6.67 Å². The Labute approximate surface area is 159 Å². The minimum absolute atomic E-state index is 1.13. The SMILES string of the molecule is CCCCCCCCCCCCCCCN1C=CN(CCCCC)C1. The van der Waals surface area contributed by atoms with Crippen LogP contribution in [0, 0.1) is 0 Å². The van der Waals surface area contributed by atoms with Gasteiger partial charge in [-0.25, -0.2) is 0 Å². The topological polar surface area (TPSA) is 6.48 Å². The standard InChI is InChI=1S/C23H46N2/c1-3-5-7-8-9-10-11-12-13-14-15-16-18-20-25-22-21-24(23-25)19-17-6-4-2/h21-22H,3-20,23H2,1-2H3. The highest BCUT2D eigenvalue weighted by atomic mass is 15.3. The molecule has 0 N–H and O–H groups in total. The minimum Gasteiger partial charge on any atom is -0.359 e. The molecule has 25 heavy (non-hydrogen) atoms. The van der Waals surface area contributed by atoms with Crippen molar-refractivity contribution in [2.45, 2.75) is 117 Å². The van der Waals surface area contributed by atoms with E-state index in [4.69, 9.17) is 0 Å². The number of hydrogen-bond donors (Lipinski definition) is 0. The lowest BCUT2D eigenvalue weighted by atomic mass is 10.0. The maximum absolute atomic E-state index is 2.49. The van der Waals surface area contributed by atoms with E-state index in [2.05, 4.69) is 36.0 Å². The maximum Gasteiger partial charge on any atom is 0.0893 e. The predicted octanol–water partition coefficient (Wildman–Crippen LogP) is 7.31. The molecule has 0 aromatic heterocycles. The van der Waals surface area contributed by atoms with Gasteiger partial charge in [0.2, 0.25) is 0 Å². The summed E-state index contributed by atoms with van der Waals surface area (Å²) >= 11 is 0. The molecule has 0 fully saturated rings. The van der Waals surface area contributed by atoms with E-state index in [-0.39, 0.29) is 0 Å². The first-order valence-corrected chi connectivity index (χ1v) is 11.5. The molecule has 0 saturated carbocycles. The average Bonchev–Trinajstić information content (AvgIpc) is 3.07. The number of rotatable bonds is 18. The van der Waals surface area contributed by atoms with Crippen LogP contribution in [0.1, 0.15) is 117 Å². The van der Waals surface area contributed by atoms with Crippen LogP contribution in [0.3, 0.4) is 0 Å². The van der Waals surface area contributed by atoms with Crippen LogP contribution >= 0.6 is 0 Å². The summed E-state index contributed by atoms with van der Waals surface area (Å²) in [5.41, 5.74) is 0. The molecule has 1 heterocycles. The molecule has 0 aliphatic carbocycles. The Morgan fingerprint density at radius 3 is 1.24 bits per heavy atom. The summed E-state index contributed by atoms with van der Waals surface area (Å²) in [6, 6.07) is 0. The van der Waals surface area contributed by atoms with E-state index in [9.17, 15) is 0 Å². The van der Waals surface area contributed by atoms with Crippen LogP contribution in [0.15, 0.2) is 12.4 Å². The highest BCUT2D eigenvalue weighted by molar-refractivity contribution is 4.90. The van der Waals surface area contributed by atoms with E-state index in [1.807, 2.05) is 0 Å². The van der Waals surface area contributed by atoms with E-state index < -0.39 is 0 Å². The van der Waals surface area contributed by atoms with Gasteiger partial charge in [0.15, 0.2) is 0 Å². The lowest BCUT2D eigenvalue weighted by Crippen LogP contribution is -2.26. The van der Waals surface area contributed by atoms with E-state index in [0.29, 0.717) is 0 Å². The van der Waals surface area contributed by atoms with Crippen molar-refractivity contribution in [2.75, 3.05) is 19.8 Å². The Morgan fingerprint density at radius 2 is 0.800 bits per heavy atom. The third kappa shape index (κ3) is 13.2. The minimum atomic E-state index is 1.13. The zero-order valence-corrected chi connectivity index (χ0v) is 17.5. The van der Waals surface area contributed by atoms with E-state index in [1.165, 1.54) is 116 Å². The second kappa shape index (κ2) is 16.8. The van der Waals surface area contributed by atoms with Crippen LogP contribution in [0.25, 0.3) is 0 Å². The highest BCUT2D eigenvalue weighted by Gasteiger charge is 2.10. The molecule has 2 heteroatoms. The Balaban J connectivity index is 1.77. The molecule has 0 aromatic carbocycles. The maximum atomic E-state index is 2.49. The van der Waals surface area contributed by atoms with Gasteiger partial charge in [-0.05, 0) is 12.8 Å². The first-order valence-electron chi connectivity index (χ1n) is 11.5. The van der Waals surface area contributed by atoms with Gasteiger partial charge >= 0.3 is 0 Å². The zero-order chi connectivity index (χ0) is 18.0. The molecule has 0 aromatic rings. The molecule has 2 nitrogen and oxygen atoms in total. The second-order valence-electron chi connectivity index (χ2n) is 8.01. The summed E-state index contributed by atoms with van der Waals surface area (Å²) in [4.78, 5) is 4.96. The summed E-state index contributed by atoms with van der Waals surface area (Å²) in [5, 5.41) is 0. The molecule has 0 atom stereocenters. The van der Waals surface area contributed by atoms with Gasteiger partial charge in [0, 0.05) is 25.5 Å². The van der Waals surface area contributed by atoms with Gasteiger partial charge in [0.25, 0.3) is 0 Å². The largest absolute Gasteiger partial charge is 0.359 e. The fourth-order valence-corrected chi connectivity index (χ4v) is 3.70. The van der Waals surface area contributed by atoms with Gasteiger partial charge in [-0.15, -0.1) is 0 Å². The first kappa shape index (κ1) is 22.4. The molecule has 0 spiro atoms. The van der Waals surface area contributed by atoms with Crippen molar-refractivity contribution in [2.24, 2.45) is 0 Å². The molecule has 0 saturated heterocycles. The molecule has 0 radical (unpaired) electrons. The monoisotopic (exact) mass is 350 g/mol. The molecule has 0 unspecified atom stereocenters.